The van der Waals surface area contributed by atoms with E-state index >= 15 is 0 Å². The molecule has 1 heterocycles. The van der Waals surface area contributed by atoms with E-state index < -0.39 is 11.8 Å². The summed E-state index contributed by atoms with van der Waals surface area (Å²) >= 11 is 18.2. The molecule has 2 aromatic rings. The number of nitrogens with zero attached hydrogens (tertiary/aromatic N) is 2. The smallest absolute Gasteiger partial charge is 0.277 e. The summed E-state index contributed by atoms with van der Waals surface area (Å²) in [4.78, 5) is 28.3. The molecular weight excluding hydrogens is 383 g/mol. The van der Waals surface area contributed by atoms with E-state index in [1.54, 1.807) is 24.3 Å². The first-order valence-corrected chi connectivity index (χ1v) is 8.46. The molecular formula is C18H13Cl3N2O2. The van der Waals surface area contributed by atoms with Gasteiger partial charge in [0.25, 0.3) is 11.8 Å². The predicted octanol–water partition coefficient (Wildman–Crippen LogP) is 4.58. The molecule has 0 saturated carbocycles. The third-order valence-electron chi connectivity index (χ3n) is 3.85. The van der Waals surface area contributed by atoms with Crippen molar-refractivity contribution in [3.05, 3.63) is 63.1 Å². The van der Waals surface area contributed by atoms with E-state index in [0.717, 1.165) is 10.6 Å². The average Bonchev–Trinajstić information content (AvgIpc) is 2.78. The molecule has 0 radical (unpaired) electrons. The highest BCUT2D eigenvalue weighted by atomic mass is 35.5. The number of carbonyl (C=O) groups is 2. The van der Waals surface area contributed by atoms with Crippen LogP contribution in [-0.2, 0) is 9.59 Å². The van der Waals surface area contributed by atoms with Crippen molar-refractivity contribution in [1.29, 1.82) is 0 Å². The van der Waals surface area contributed by atoms with E-state index in [1.807, 2.05) is 31.1 Å². The van der Waals surface area contributed by atoms with Crippen LogP contribution in [0.5, 0.6) is 0 Å². The summed E-state index contributed by atoms with van der Waals surface area (Å²) in [6.45, 7) is 0. The number of hydrogen-bond acceptors (Lipinski definition) is 3. The zero-order valence-electron chi connectivity index (χ0n) is 13.4. The van der Waals surface area contributed by atoms with Gasteiger partial charge in [0.2, 0.25) is 0 Å². The lowest BCUT2D eigenvalue weighted by Gasteiger charge is -2.17. The molecule has 0 bridgehead atoms. The van der Waals surface area contributed by atoms with Crippen LogP contribution in [0.25, 0.3) is 5.57 Å². The monoisotopic (exact) mass is 394 g/mol. The van der Waals surface area contributed by atoms with Crippen molar-refractivity contribution in [2.75, 3.05) is 23.9 Å². The molecule has 1 aliphatic rings. The molecule has 1 aliphatic heterocycles. The average molecular weight is 396 g/mol. The summed E-state index contributed by atoms with van der Waals surface area (Å²) in [6, 6.07) is 11.7. The first-order valence-electron chi connectivity index (χ1n) is 7.32. The van der Waals surface area contributed by atoms with Crippen molar-refractivity contribution >= 4 is 63.6 Å². The molecule has 2 amide bonds. The van der Waals surface area contributed by atoms with Crippen LogP contribution in [0, 0.1) is 0 Å². The van der Waals surface area contributed by atoms with Crippen molar-refractivity contribution in [1.82, 2.24) is 0 Å². The highest BCUT2D eigenvalue weighted by Crippen LogP contribution is 2.38. The quantitative estimate of drug-likeness (QED) is 0.714. The predicted molar refractivity (Wildman–Crippen MR) is 102 cm³/mol. The van der Waals surface area contributed by atoms with Crippen molar-refractivity contribution < 1.29 is 9.59 Å². The minimum Gasteiger partial charge on any atom is -0.378 e. The standard InChI is InChI=1S/C18H13Cl3N2O2/c1-22(2)11-4-6-12(7-5-11)23-17(24)15(16(21)18(23)25)13-8-3-10(19)9-14(13)20/h3-9H,1-2H3. The van der Waals surface area contributed by atoms with Gasteiger partial charge < -0.3 is 4.90 Å². The first-order chi connectivity index (χ1) is 11.8. The number of benzene rings is 2. The Labute approximate surface area is 160 Å². The fourth-order valence-corrected chi connectivity index (χ4v) is 3.33. The van der Waals surface area contributed by atoms with Gasteiger partial charge in [-0.25, -0.2) is 4.90 Å². The zero-order chi connectivity index (χ0) is 18.3. The van der Waals surface area contributed by atoms with Crippen LogP contribution in [0.1, 0.15) is 5.56 Å². The maximum Gasteiger partial charge on any atom is 0.277 e. The van der Waals surface area contributed by atoms with E-state index in [1.165, 1.54) is 6.07 Å². The Kier molecular flexibility index (Phi) is 4.78. The number of anilines is 2. The number of halogens is 3. The Morgan fingerprint density at radius 1 is 0.880 bits per heavy atom. The number of imide groups is 1. The summed E-state index contributed by atoms with van der Waals surface area (Å²) in [5.41, 5.74) is 1.84. The molecule has 0 aliphatic carbocycles. The van der Waals surface area contributed by atoms with E-state index in [9.17, 15) is 9.59 Å². The zero-order valence-corrected chi connectivity index (χ0v) is 15.7. The Morgan fingerprint density at radius 2 is 1.52 bits per heavy atom. The van der Waals surface area contributed by atoms with Crippen LogP contribution >= 0.6 is 34.8 Å². The van der Waals surface area contributed by atoms with Gasteiger partial charge in [-0.05, 0) is 36.4 Å². The second-order valence-electron chi connectivity index (χ2n) is 5.67. The molecule has 0 atom stereocenters. The largest absolute Gasteiger partial charge is 0.378 e. The molecule has 2 aromatic carbocycles. The molecule has 0 spiro atoms. The van der Waals surface area contributed by atoms with Crippen LogP contribution in [0.15, 0.2) is 47.5 Å². The minimum absolute atomic E-state index is 0.0741. The van der Waals surface area contributed by atoms with Crippen molar-refractivity contribution in [2.24, 2.45) is 0 Å². The van der Waals surface area contributed by atoms with Crippen LogP contribution < -0.4 is 9.80 Å². The van der Waals surface area contributed by atoms with Gasteiger partial charge in [0.1, 0.15) is 5.03 Å². The molecule has 128 valence electrons. The van der Waals surface area contributed by atoms with Gasteiger partial charge in [-0.15, -0.1) is 0 Å². The van der Waals surface area contributed by atoms with Gasteiger partial charge >= 0.3 is 0 Å². The highest BCUT2D eigenvalue weighted by Gasteiger charge is 2.39. The highest BCUT2D eigenvalue weighted by molar-refractivity contribution is 6.60. The SMILES string of the molecule is CN(C)c1ccc(N2C(=O)C(Cl)=C(c3ccc(Cl)cc3Cl)C2=O)cc1. The van der Waals surface area contributed by atoms with Gasteiger partial charge in [-0.3, -0.25) is 9.59 Å². The number of carbonyl (C=O) groups excluding carboxylic acids is 2. The Balaban J connectivity index is 2.01. The minimum atomic E-state index is -0.578. The van der Waals surface area contributed by atoms with Gasteiger partial charge in [-0.2, -0.15) is 0 Å². The maximum absolute atomic E-state index is 12.8. The Hall–Kier alpha value is -2.01. The van der Waals surface area contributed by atoms with E-state index in [-0.39, 0.29) is 15.6 Å². The summed E-state index contributed by atoms with van der Waals surface area (Å²) < 4.78 is 0. The number of hydrogen-bond donors (Lipinski definition) is 0. The normalized spacial score (nSPS) is 14.5. The number of amides is 2. The molecule has 3 rings (SSSR count). The Morgan fingerprint density at radius 3 is 2.08 bits per heavy atom. The van der Waals surface area contributed by atoms with Crippen LogP contribution in [0.2, 0.25) is 10.0 Å². The molecule has 4 nitrogen and oxygen atoms in total. The van der Waals surface area contributed by atoms with Crippen molar-refractivity contribution in [3.63, 3.8) is 0 Å². The van der Waals surface area contributed by atoms with Gasteiger partial charge in [0.15, 0.2) is 0 Å². The summed E-state index contributed by atoms with van der Waals surface area (Å²) in [6.07, 6.45) is 0. The summed E-state index contributed by atoms with van der Waals surface area (Å²) in [5, 5.41) is 0.524. The molecule has 0 unspecified atom stereocenters. The lowest BCUT2D eigenvalue weighted by molar-refractivity contribution is -0.119. The molecule has 0 fully saturated rings. The van der Waals surface area contributed by atoms with Crippen molar-refractivity contribution in [2.45, 2.75) is 0 Å². The molecule has 0 aromatic heterocycles. The maximum atomic E-state index is 12.8. The molecule has 0 saturated heterocycles. The second kappa shape index (κ2) is 6.71. The third kappa shape index (κ3) is 3.13. The van der Waals surface area contributed by atoms with Crippen LogP contribution in [0.3, 0.4) is 0 Å². The summed E-state index contributed by atoms with van der Waals surface area (Å²) in [7, 11) is 3.81. The Bertz CT molecular complexity index is 905. The van der Waals surface area contributed by atoms with Gasteiger partial charge in [-0.1, -0.05) is 40.9 Å². The fraction of sp³-hybridized carbons (Fsp3) is 0.111. The molecule has 7 heteroatoms. The second-order valence-corrected chi connectivity index (χ2v) is 6.89. The van der Waals surface area contributed by atoms with E-state index in [4.69, 9.17) is 34.8 Å². The lowest BCUT2D eigenvalue weighted by atomic mass is 10.1. The van der Waals surface area contributed by atoms with E-state index in [0.29, 0.717) is 16.3 Å². The van der Waals surface area contributed by atoms with Gasteiger partial charge in [0.05, 0.1) is 16.3 Å². The summed E-state index contributed by atoms with van der Waals surface area (Å²) in [5.74, 6) is -1.10. The topological polar surface area (TPSA) is 40.6 Å². The fourth-order valence-electron chi connectivity index (χ4n) is 2.56. The first kappa shape index (κ1) is 17.8. The van der Waals surface area contributed by atoms with E-state index in [2.05, 4.69) is 0 Å². The number of rotatable bonds is 3. The third-order valence-corrected chi connectivity index (χ3v) is 4.75. The van der Waals surface area contributed by atoms with Crippen molar-refractivity contribution in [3.8, 4) is 0 Å². The van der Waals surface area contributed by atoms with Gasteiger partial charge in [0, 0.05) is 30.4 Å². The molecule has 25 heavy (non-hydrogen) atoms. The molecule has 0 N–H and O–H groups in total. The van der Waals surface area contributed by atoms with Crippen LogP contribution in [-0.4, -0.2) is 25.9 Å². The van der Waals surface area contributed by atoms with Crippen LogP contribution in [0.4, 0.5) is 11.4 Å². The lowest BCUT2D eigenvalue weighted by Crippen LogP contribution is -2.31.